The first-order chi connectivity index (χ1) is 20.6. The lowest BCUT2D eigenvalue weighted by Gasteiger charge is -2.62. The molecular formula is C33H49BrO10. The third-order valence-corrected chi connectivity index (χ3v) is 10.8. The first-order valence-electron chi connectivity index (χ1n) is 15.6. The largest absolute Gasteiger partial charge is 0.508 e. The van der Waals surface area contributed by atoms with Crippen LogP contribution in [0, 0.1) is 23.2 Å². The van der Waals surface area contributed by atoms with Gasteiger partial charge in [0.15, 0.2) is 11.6 Å². The minimum absolute atomic E-state index is 0.0177. The number of ether oxygens (including phenoxy) is 6. The standard InChI is InChI=1S/C33H49BrO10/c1-18(9-12-25(39-7)23-13-22(36)10-11-24(23)34)30-20(3)27-16-33(43-30)31(5,6)15-19(2)32(40-8,44-33)17-29(38)41-26(21(4)35)14-28(37)42-27/h10-11,13,18-21,25-27,30,35-36H,9,12,14-17H2,1-8H3/t18-,19+,20-,21+,25-,26+,27-,30+,32-,33-/m0/s1. The highest BCUT2D eigenvalue weighted by Gasteiger charge is 2.65. The van der Waals surface area contributed by atoms with E-state index in [0.717, 1.165) is 10.0 Å². The van der Waals surface area contributed by atoms with Crippen LogP contribution in [0.2, 0.25) is 0 Å². The highest BCUT2D eigenvalue weighted by molar-refractivity contribution is 9.10. The molecule has 2 N–H and O–H groups in total. The molecule has 10 atom stereocenters. The van der Waals surface area contributed by atoms with E-state index in [9.17, 15) is 19.8 Å². The average molecular weight is 686 g/mol. The summed E-state index contributed by atoms with van der Waals surface area (Å²) >= 11 is 3.58. The van der Waals surface area contributed by atoms with E-state index >= 15 is 0 Å². The number of rotatable bonds is 8. The molecule has 0 aromatic heterocycles. The van der Waals surface area contributed by atoms with Crippen LogP contribution in [0.5, 0.6) is 5.75 Å². The molecule has 248 valence electrons. The Kier molecular flexibility index (Phi) is 10.8. The van der Waals surface area contributed by atoms with E-state index in [4.69, 9.17) is 28.4 Å². The molecule has 3 fully saturated rings. The van der Waals surface area contributed by atoms with E-state index in [0.29, 0.717) is 19.3 Å². The molecule has 1 aromatic rings. The Hall–Kier alpha value is -1.76. The molecule has 0 amide bonds. The van der Waals surface area contributed by atoms with Crippen molar-refractivity contribution in [2.75, 3.05) is 14.2 Å². The van der Waals surface area contributed by atoms with Crippen LogP contribution in [0.15, 0.2) is 22.7 Å². The van der Waals surface area contributed by atoms with Gasteiger partial charge in [0.05, 0.1) is 31.2 Å². The maximum atomic E-state index is 13.2. The maximum Gasteiger partial charge on any atom is 0.311 e. The van der Waals surface area contributed by atoms with Gasteiger partial charge in [-0.3, -0.25) is 9.59 Å². The number of benzene rings is 1. The first kappa shape index (κ1) is 35.1. The van der Waals surface area contributed by atoms with Gasteiger partial charge in [-0.2, -0.15) is 0 Å². The highest BCUT2D eigenvalue weighted by atomic mass is 79.9. The number of fused-ring (bicyclic) bond motifs is 2. The zero-order chi connectivity index (χ0) is 32.6. The minimum Gasteiger partial charge on any atom is -0.508 e. The van der Waals surface area contributed by atoms with Crippen molar-refractivity contribution >= 4 is 27.9 Å². The summed E-state index contributed by atoms with van der Waals surface area (Å²) in [6.07, 6.45) is -1.61. The second kappa shape index (κ2) is 13.5. The Labute approximate surface area is 269 Å². The van der Waals surface area contributed by atoms with Gasteiger partial charge in [0, 0.05) is 42.4 Å². The summed E-state index contributed by atoms with van der Waals surface area (Å²) < 4.78 is 38.3. The lowest BCUT2D eigenvalue weighted by molar-refractivity contribution is -0.455. The normalized spacial score (nSPS) is 36.2. The number of aromatic hydroxyl groups is 1. The number of carbonyl (C=O) groups excluding carboxylic acids is 2. The van der Waals surface area contributed by atoms with Crippen molar-refractivity contribution in [2.45, 2.75) is 122 Å². The molecule has 10 nitrogen and oxygen atoms in total. The quantitative estimate of drug-likeness (QED) is 0.324. The molecule has 1 aromatic carbocycles. The zero-order valence-electron chi connectivity index (χ0n) is 27.1. The van der Waals surface area contributed by atoms with Crippen LogP contribution in [0.1, 0.15) is 91.7 Å². The van der Waals surface area contributed by atoms with Gasteiger partial charge in [-0.05, 0) is 55.9 Å². The van der Waals surface area contributed by atoms with Crippen molar-refractivity contribution < 1.29 is 48.2 Å². The lowest BCUT2D eigenvalue weighted by Crippen LogP contribution is -2.69. The van der Waals surface area contributed by atoms with Gasteiger partial charge >= 0.3 is 11.9 Å². The topological polar surface area (TPSA) is 130 Å². The number of phenolic OH excluding ortho intramolecular Hbond substituents is 1. The maximum absolute atomic E-state index is 13.2. The van der Waals surface area contributed by atoms with Crippen LogP contribution in [-0.2, 0) is 38.0 Å². The van der Waals surface area contributed by atoms with Crippen LogP contribution in [0.25, 0.3) is 0 Å². The summed E-state index contributed by atoms with van der Waals surface area (Å²) in [5.74, 6) is -4.02. The van der Waals surface area contributed by atoms with Crippen LogP contribution >= 0.6 is 15.9 Å². The fourth-order valence-corrected chi connectivity index (χ4v) is 7.80. The van der Waals surface area contributed by atoms with Crippen LogP contribution < -0.4 is 0 Å². The summed E-state index contributed by atoms with van der Waals surface area (Å²) in [5.41, 5.74) is 0.319. The summed E-state index contributed by atoms with van der Waals surface area (Å²) in [4.78, 5) is 26.5. The molecule has 3 aliphatic rings. The highest BCUT2D eigenvalue weighted by Crippen LogP contribution is 2.58. The fraction of sp³-hybridized carbons (Fsp3) is 0.758. The lowest BCUT2D eigenvalue weighted by atomic mass is 9.66. The molecule has 0 unspecified atom stereocenters. The Bertz CT molecular complexity index is 1190. The van der Waals surface area contributed by atoms with Crippen molar-refractivity contribution in [3.05, 3.63) is 28.2 Å². The number of aliphatic hydroxyl groups excluding tert-OH is 1. The zero-order valence-corrected chi connectivity index (χ0v) is 28.7. The Morgan fingerprint density at radius 2 is 1.77 bits per heavy atom. The van der Waals surface area contributed by atoms with Crippen molar-refractivity contribution in [3.8, 4) is 5.75 Å². The van der Waals surface area contributed by atoms with Crippen molar-refractivity contribution in [2.24, 2.45) is 23.2 Å². The molecule has 11 heteroatoms. The second-order valence-electron chi connectivity index (χ2n) is 13.7. The molecule has 3 bridgehead atoms. The van der Waals surface area contributed by atoms with E-state index < -0.39 is 47.2 Å². The number of hydrogen-bond donors (Lipinski definition) is 2. The van der Waals surface area contributed by atoms with Gasteiger partial charge in [-0.1, -0.05) is 50.5 Å². The minimum atomic E-state index is -1.35. The van der Waals surface area contributed by atoms with Gasteiger partial charge in [0.2, 0.25) is 0 Å². The van der Waals surface area contributed by atoms with E-state index in [2.05, 4.69) is 36.7 Å². The van der Waals surface area contributed by atoms with E-state index in [1.807, 2.05) is 13.8 Å². The van der Waals surface area contributed by atoms with E-state index in [1.165, 1.54) is 14.0 Å². The molecule has 3 saturated heterocycles. The van der Waals surface area contributed by atoms with Crippen molar-refractivity contribution in [1.82, 2.24) is 0 Å². The smallest absolute Gasteiger partial charge is 0.311 e. The molecule has 1 spiro atoms. The molecule has 3 heterocycles. The monoisotopic (exact) mass is 684 g/mol. The molecule has 0 aliphatic carbocycles. The number of methoxy groups -OCH3 is 2. The van der Waals surface area contributed by atoms with Crippen LogP contribution in [0.3, 0.4) is 0 Å². The molecule has 0 radical (unpaired) electrons. The van der Waals surface area contributed by atoms with Crippen molar-refractivity contribution in [1.29, 1.82) is 0 Å². The van der Waals surface area contributed by atoms with E-state index in [1.54, 1.807) is 25.3 Å². The SMILES string of the molecule is CO[C@@H](CC[C@H](C)[C@H]1O[C@@]23C[C@H](OC(=O)C[C@H]([C@@H](C)O)OC(=O)C[C@](OC)(O2)[C@H](C)CC3(C)C)[C@@H]1C)c1cc(O)ccc1Br. The molecule has 0 saturated carbocycles. The fourth-order valence-electron chi connectivity index (χ4n) is 7.30. The molecular weight excluding hydrogens is 636 g/mol. The van der Waals surface area contributed by atoms with Crippen LogP contribution in [-0.4, -0.2) is 72.4 Å². The number of esters is 2. The predicted octanol–water partition coefficient (Wildman–Crippen LogP) is 5.80. The third kappa shape index (κ3) is 6.98. The number of carbonyl (C=O) groups is 2. The third-order valence-electron chi connectivity index (χ3n) is 10.1. The first-order valence-corrected chi connectivity index (χ1v) is 16.4. The summed E-state index contributed by atoms with van der Waals surface area (Å²) in [6.45, 7) is 11.7. The predicted molar refractivity (Wildman–Crippen MR) is 164 cm³/mol. The molecule has 4 rings (SSSR count). The average Bonchev–Trinajstić information content (AvgIpc) is 2.94. The van der Waals surface area contributed by atoms with E-state index in [-0.39, 0.29) is 55.0 Å². The van der Waals surface area contributed by atoms with Crippen molar-refractivity contribution in [3.63, 3.8) is 0 Å². The van der Waals surface area contributed by atoms with Gasteiger partial charge in [-0.25, -0.2) is 0 Å². The number of halogens is 1. The summed E-state index contributed by atoms with van der Waals surface area (Å²) in [7, 11) is 3.16. The Morgan fingerprint density at radius 1 is 1.07 bits per heavy atom. The van der Waals surface area contributed by atoms with Gasteiger partial charge in [0.1, 0.15) is 18.0 Å². The molecule has 44 heavy (non-hydrogen) atoms. The number of hydrogen-bond acceptors (Lipinski definition) is 10. The van der Waals surface area contributed by atoms with Gasteiger partial charge in [-0.15, -0.1) is 0 Å². The van der Waals surface area contributed by atoms with Gasteiger partial charge in [0.25, 0.3) is 0 Å². The van der Waals surface area contributed by atoms with Crippen LogP contribution in [0.4, 0.5) is 0 Å². The number of phenols is 1. The summed E-state index contributed by atoms with van der Waals surface area (Å²) in [6, 6.07) is 5.12. The summed E-state index contributed by atoms with van der Waals surface area (Å²) in [5, 5.41) is 20.4. The van der Waals surface area contributed by atoms with Gasteiger partial charge < -0.3 is 38.6 Å². The molecule has 3 aliphatic heterocycles. The number of aliphatic hydroxyl groups is 1. The Balaban J connectivity index is 1.69. The number of cyclic esters (lactones) is 1. The Morgan fingerprint density at radius 3 is 2.41 bits per heavy atom. The second-order valence-corrected chi connectivity index (χ2v) is 14.5.